The third kappa shape index (κ3) is 4.61. The van der Waals surface area contributed by atoms with E-state index in [2.05, 4.69) is 10.3 Å². The summed E-state index contributed by atoms with van der Waals surface area (Å²) in [5.74, 6) is -2.21. The lowest BCUT2D eigenvalue weighted by Gasteiger charge is -2.44. The Labute approximate surface area is 180 Å². The highest BCUT2D eigenvalue weighted by Gasteiger charge is 2.56. The first kappa shape index (κ1) is 22.2. The van der Waals surface area contributed by atoms with Crippen molar-refractivity contribution in [1.82, 2.24) is 0 Å². The minimum atomic E-state index is -2.19. The van der Waals surface area contributed by atoms with E-state index in [4.69, 9.17) is 21.1 Å². The average Bonchev–Trinajstić information content (AvgIpc) is 2.75. The Hall–Kier alpha value is -2.54. The molecular weight excluding hydrogens is 407 g/mol. The van der Waals surface area contributed by atoms with Gasteiger partial charge < -0.3 is 14.8 Å². The molecule has 1 aliphatic heterocycles. The van der Waals surface area contributed by atoms with Gasteiger partial charge in [-0.25, -0.2) is 4.39 Å². The number of hydrogen-bond acceptors (Lipinski definition) is 5. The smallest absolute Gasteiger partial charge is 0.289 e. The Morgan fingerprint density at radius 1 is 1.13 bits per heavy atom. The quantitative estimate of drug-likeness (QED) is 0.425. The summed E-state index contributed by atoms with van der Waals surface area (Å²) in [4.78, 5) is 17.1. The van der Waals surface area contributed by atoms with Crippen LogP contribution in [0.2, 0.25) is 5.02 Å². The Morgan fingerprint density at radius 3 is 2.37 bits per heavy atom. The number of ether oxygens (including phenoxy) is 2. The molecule has 7 heteroatoms. The number of nitrogens with one attached hydrogen (secondary N) is 1. The molecule has 0 saturated carbocycles. The lowest BCUT2D eigenvalue weighted by atomic mass is 9.88. The lowest BCUT2D eigenvalue weighted by molar-refractivity contribution is -0.267. The normalized spacial score (nSPS) is 18.7. The minimum Gasteiger partial charge on any atom is -0.332 e. The standard InChI is InChI=1S/C23H24ClFN2O3/c1-3-29-23(30-4-2,27-19-8-6-5-7-9-19)22(25)14-15-26-20(16-22)21(28)17-10-12-18(24)13-11-17/h5-15,27H,3-4,16H2,1-2H3. The third-order valence-corrected chi connectivity index (χ3v) is 4.94. The Morgan fingerprint density at radius 2 is 1.77 bits per heavy atom. The van der Waals surface area contributed by atoms with E-state index in [0.29, 0.717) is 16.3 Å². The maximum atomic E-state index is 16.5. The van der Waals surface area contributed by atoms with Crippen molar-refractivity contribution in [3.05, 3.63) is 77.5 Å². The molecule has 2 aromatic rings. The van der Waals surface area contributed by atoms with E-state index in [1.807, 2.05) is 18.2 Å². The molecule has 0 aliphatic carbocycles. The van der Waals surface area contributed by atoms with E-state index in [9.17, 15) is 4.79 Å². The molecule has 2 aromatic carbocycles. The molecule has 0 saturated heterocycles. The Balaban J connectivity index is 1.94. The number of hydrogen-bond donors (Lipinski definition) is 1. The second-order valence-corrected chi connectivity index (χ2v) is 7.18. The molecule has 1 unspecified atom stereocenters. The van der Waals surface area contributed by atoms with Crippen LogP contribution in [0.4, 0.5) is 10.1 Å². The Kier molecular flexibility index (Phi) is 7.02. The van der Waals surface area contributed by atoms with Crippen molar-refractivity contribution in [3.8, 4) is 0 Å². The highest BCUT2D eigenvalue weighted by Crippen LogP contribution is 2.39. The van der Waals surface area contributed by atoms with Crippen molar-refractivity contribution >= 4 is 28.8 Å². The first-order valence-corrected chi connectivity index (χ1v) is 10.2. The predicted molar refractivity (Wildman–Crippen MR) is 117 cm³/mol. The zero-order valence-corrected chi connectivity index (χ0v) is 17.7. The zero-order chi connectivity index (χ0) is 21.6. The van der Waals surface area contributed by atoms with Gasteiger partial charge in [0.1, 0.15) is 0 Å². The molecule has 0 spiro atoms. The third-order valence-electron chi connectivity index (χ3n) is 4.69. The number of Topliss-reactive ketones (excluding diaryl/α,β-unsaturated/α-hetero) is 1. The van der Waals surface area contributed by atoms with Gasteiger partial charge in [0.05, 0.1) is 5.71 Å². The summed E-state index contributed by atoms with van der Waals surface area (Å²) in [5.41, 5.74) is -1.11. The summed E-state index contributed by atoms with van der Waals surface area (Å²) in [5, 5.41) is 3.57. The highest BCUT2D eigenvalue weighted by atomic mass is 35.5. The van der Waals surface area contributed by atoms with Gasteiger partial charge in [-0.05, 0) is 56.3 Å². The molecular formula is C23H24ClFN2O3. The van der Waals surface area contributed by atoms with Crippen LogP contribution < -0.4 is 5.32 Å². The number of aliphatic imine (C=N–C) groups is 1. The van der Waals surface area contributed by atoms with Gasteiger partial charge in [-0.2, -0.15) is 0 Å². The fourth-order valence-electron chi connectivity index (χ4n) is 3.30. The van der Waals surface area contributed by atoms with Gasteiger partial charge in [-0.15, -0.1) is 0 Å². The number of halogens is 2. The molecule has 0 bridgehead atoms. The van der Waals surface area contributed by atoms with Crippen molar-refractivity contribution in [2.45, 2.75) is 31.8 Å². The summed E-state index contributed by atoms with van der Waals surface area (Å²) < 4.78 is 28.1. The molecule has 1 aliphatic rings. The van der Waals surface area contributed by atoms with Crippen LogP contribution in [-0.2, 0) is 9.47 Å². The van der Waals surface area contributed by atoms with Gasteiger partial charge >= 0.3 is 0 Å². The predicted octanol–water partition coefficient (Wildman–Crippen LogP) is 5.43. The molecule has 3 rings (SSSR count). The van der Waals surface area contributed by atoms with E-state index in [1.54, 1.807) is 50.2 Å². The summed E-state index contributed by atoms with van der Waals surface area (Å²) in [7, 11) is 0. The van der Waals surface area contributed by atoms with Crippen LogP contribution in [0.1, 0.15) is 30.6 Å². The van der Waals surface area contributed by atoms with Gasteiger partial charge in [0, 0.05) is 42.1 Å². The van der Waals surface area contributed by atoms with Crippen LogP contribution in [0.3, 0.4) is 0 Å². The van der Waals surface area contributed by atoms with Crippen LogP contribution in [0.5, 0.6) is 0 Å². The number of benzene rings is 2. The summed E-state index contributed by atoms with van der Waals surface area (Å²) in [6.07, 6.45) is 2.24. The SMILES string of the molecule is CCOC(Nc1ccccc1)(OCC)C1(F)C=CN=C(C(=O)c2ccc(Cl)cc2)C1. The maximum absolute atomic E-state index is 16.5. The number of rotatable bonds is 9. The van der Waals surface area contributed by atoms with Gasteiger partial charge in [0.2, 0.25) is 11.5 Å². The number of carbonyl (C=O) groups is 1. The van der Waals surface area contributed by atoms with Crippen molar-refractivity contribution in [2.75, 3.05) is 18.5 Å². The lowest BCUT2D eigenvalue weighted by Crippen LogP contribution is -2.61. The zero-order valence-electron chi connectivity index (χ0n) is 16.9. The van der Waals surface area contributed by atoms with Crippen LogP contribution in [0, 0.1) is 0 Å². The number of para-hydroxylation sites is 1. The molecule has 0 radical (unpaired) electrons. The second kappa shape index (κ2) is 9.51. The Bertz CT molecular complexity index is 925. The fraction of sp³-hybridized carbons (Fsp3) is 0.304. The molecule has 0 aromatic heterocycles. The summed E-state index contributed by atoms with van der Waals surface area (Å²) in [6, 6.07) is 15.5. The number of ketones is 1. The molecule has 0 fully saturated rings. The fourth-order valence-corrected chi connectivity index (χ4v) is 3.43. The van der Waals surface area contributed by atoms with Crippen molar-refractivity contribution in [2.24, 2.45) is 4.99 Å². The number of alkyl halides is 1. The maximum Gasteiger partial charge on any atom is 0.289 e. The van der Waals surface area contributed by atoms with Gasteiger partial charge in [0.15, 0.2) is 0 Å². The number of anilines is 1. The van der Waals surface area contributed by atoms with Crippen molar-refractivity contribution in [3.63, 3.8) is 0 Å². The van der Waals surface area contributed by atoms with E-state index < -0.39 is 11.6 Å². The molecule has 1 heterocycles. The van der Waals surface area contributed by atoms with Crippen LogP contribution in [0.15, 0.2) is 71.9 Å². The second-order valence-electron chi connectivity index (χ2n) is 6.74. The van der Waals surface area contributed by atoms with E-state index in [0.717, 1.165) is 0 Å². The molecule has 30 heavy (non-hydrogen) atoms. The van der Waals surface area contributed by atoms with Gasteiger partial charge in [-0.1, -0.05) is 29.8 Å². The monoisotopic (exact) mass is 430 g/mol. The molecule has 158 valence electrons. The molecule has 1 N–H and O–H groups in total. The van der Waals surface area contributed by atoms with Gasteiger partial charge in [0.25, 0.3) is 5.91 Å². The van der Waals surface area contributed by atoms with Crippen molar-refractivity contribution in [1.29, 1.82) is 0 Å². The first-order chi connectivity index (χ1) is 14.4. The number of carbonyl (C=O) groups excluding carboxylic acids is 1. The topological polar surface area (TPSA) is 59.9 Å². The molecule has 1 atom stereocenters. The summed E-state index contributed by atoms with van der Waals surface area (Å²) >= 11 is 5.90. The molecule has 5 nitrogen and oxygen atoms in total. The van der Waals surface area contributed by atoms with Crippen LogP contribution in [0.25, 0.3) is 0 Å². The highest BCUT2D eigenvalue weighted by molar-refractivity contribution is 6.46. The average molecular weight is 431 g/mol. The number of nitrogens with zero attached hydrogens (tertiary/aromatic N) is 1. The van der Waals surface area contributed by atoms with E-state index >= 15 is 4.39 Å². The summed E-state index contributed by atoms with van der Waals surface area (Å²) in [6.45, 7) is 3.89. The van der Waals surface area contributed by atoms with E-state index in [-0.39, 0.29) is 31.1 Å². The first-order valence-electron chi connectivity index (χ1n) is 9.77. The van der Waals surface area contributed by atoms with Crippen molar-refractivity contribution < 1.29 is 18.7 Å². The largest absolute Gasteiger partial charge is 0.332 e. The van der Waals surface area contributed by atoms with E-state index in [1.165, 1.54) is 12.3 Å². The minimum absolute atomic E-state index is 0.0703. The van der Waals surface area contributed by atoms with Crippen LogP contribution in [-0.4, -0.2) is 36.3 Å². The van der Waals surface area contributed by atoms with Gasteiger partial charge in [-0.3, -0.25) is 9.79 Å². The van der Waals surface area contributed by atoms with Crippen LogP contribution >= 0.6 is 11.6 Å². The molecule has 0 amide bonds.